The average Bonchev–Trinajstić information content (AvgIpc) is 3.07. The van der Waals surface area contributed by atoms with Gasteiger partial charge in [0.15, 0.2) is 0 Å². The molecule has 5 aromatic rings. The predicted octanol–water partition coefficient (Wildman–Crippen LogP) is 9.49. The highest BCUT2D eigenvalue weighted by molar-refractivity contribution is 7.87. The number of nitrogens with zero attached hydrogens (tertiary/aromatic N) is 1. The summed E-state index contributed by atoms with van der Waals surface area (Å²) >= 11 is 5.54. The molecule has 5 aromatic carbocycles. The Morgan fingerprint density at radius 2 is 1.02 bits per heavy atom. The first kappa shape index (κ1) is 34.1. The van der Waals surface area contributed by atoms with Crippen molar-refractivity contribution >= 4 is 40.2 Å². The van der Waals surface area contributed by atoms with Gasteiger partial charge in [-0.15, -0.1) is 0 Å². The quantitative estimate of drug-likeness (QED) is 0.0903. The van der Waals surface area contributed by atoms with E-state index in [0.29, 0.717) is 25.1 Å². The smallest absolute Gasteiger partial charge is 0.373 e. The molecule has 0 heterocycles. The van der Waals surface area contributed by atoms with E-state index in [9.17, 15) is 26.3 Å². The van der Waals surface area contributed by atoms with Crippen LogP contribution in [0.4, 0.5) is 26.3 Å². The molecule has 0 aliphatic rings. The second-order valence-corrected chi connectivity index (χ2v) is 14.5. The average molecular weight is 681 g/mol. The van der Waals surface area contributed by atoms with E-state index in [1.807, 2.05) is 84.9 Å². The molecule has 0 saturated heterocycles. The van der Waals surface area contributed by atoms with Gasteiger partial charge in [0.25, 0.3) is 0 Å². The highest BCUT2D eigenvalue weighted by Gasteiger charge is 2.37. The maximum Gasteiger partial charge on any atom is 0.416 e. The van der Waals surface area contributed by atoms with Gasteiger partial charge in [0.1, 0.15) is 0 Å². The Labute approximate surface area is 275 Å². The maximum atomic E-state index is 13.5. The number of nitrogens with one attached hydrogen (secondary N) is 1. The summed E-state index contributed by atoms with van der Waals surface area (Å²) in [5.41, 5.74) is -2.05. The molecule has 1 atom stereocenters. The third-order valence-corrected chi connectivity index (χ3v) is 11.7. The molecule has 0 unspecified atom stereocenters. The molecule has 47 heavy (non-hydrogen) atoms. The van der Waals surface area contributed by atoms with Crippen molar-refractivity contribution in [3.05, 3.63) is 162 Å². The van der Waals surface area contributed by atoms with Crippen LogP contribution < -0.4 is 21.2 Å². The monoisotopic (exact) mass is 680 g/mol. The zero-order valence-electron chi connectivity index (χ0n) is 25.0. The summed E-state index contributed by atoms with van der Waals surface area (Å²) in [5.74, 6) is 0. The summed E-state index contributed by atoms with van der Waals surface area (Å²) in [6.45, 7) is 0.392. The second kappa shape index (κ2) is 14.7. The Morgan fingerprint density at radius 1 is 0.617 bits per heavy atom. The van der Waals surface area contributed by atoms with E-state index in [2.05, 4.69) is 41.7 Å². The van der Waals surface area contributed by atoms with Gasteiger partial charge in [-0.1, -0.05) is 134 Å². The van der Waals surface area contributed by atoms with Gasteiger partial charge in [0.05, 0.1) is 29.2 Å². The van der Waals surface area contributed by atoms with Crippen LogP contribution in [0.25, 0.3) is 0 Å². The Balaban J connectivity index is 1.49. The van der Waals surface area contributed by atoms with Crippen molar-refractivity contribution in [3.8, 4) is 0 Å². The van der Waals surface area contributed by atoms with E-state index < -0.39 is 36.6 Å². The molecule has 1 N–H and O–H groups in total. The second-order valence-electron chi connectivity index (χ2n) is 10.9. The van der Waals surface area contributed by atoms with Crippen molar-refractivity contribution in [1.82, 2.24) is 5.32 Å². The Bertz CT molecular complexity index is 1690. The first-order valence-corrected chi connectivity index (χ1v) is 17.0. The summed E-state index contributed by atoms with van der Waals surface area (Å²) in [4.78, 5) is 0.126. The number of benzene rings is 5. The van der Waals surface area contributed by atoms with E-state index in [-0.39, 0.29) is 23.0 Å². The molecule has 242 valence electrons. The Morgan fingerprint density at radius 3 is 1.43 bits per heavy atom. The van der Waals surface area contributed by atoms with E-state index in [1.54, 1.807) is 0 Å². The molecule has 0 bridgehead atoms. The fraction of sp³-hybridized carbons (Fsp3) is 0.162. The molecule has 0 radical (unpaired) electrons. The van der Waals surface area contributed by atoms with E-state index in [0.717, 1.165) is 21.5 Å². The molecule has 0 aliphatic carbocycles. The van der Waals surface area contributed by atoms with Gasteiger partial charge in [0, 0.05) is 28.9 Å². The fourth-order valence-electron chi connectivity index (χ4n) is 5.52. The predicted molar refractivity (Wildman–Crippen MR) is 182 cm³/mol. The van der Waals surface area contributed by atoms with Gasteiger partial charge < -0.3 is 5.32 Å². The highest BCUT2D eigenvalue weighted by Crippen LogP contribution is 2.46. The normalized spacial score (nSPS) is 12.7. The molecule has 10 heteroatoms. The van der Waals surface area contributed by atoms with Crippen LogP contribution in [0.3, 0.4) is 0 Å². The van der Waals surface area contributed by atoms with Crippen LogP contribution in [0, 0.1) is 0 Å². The zero-order chi connectivity index (χ0) is 33.5. The Hall–Kier alpha value is -4.20. The SMILES string of the molecule is FC(F)(F)c1cc(CC(=S)N[C@H](CCN=P(c2ccccc2)(c2ccccc2)c2ccccc2)c2ccccc2)cc(C(F)(F)F)c1. The number of hydrogen-bond acceptors (Lipinski definition) is 2. The number of halogens is 6. The molecule has 2 nitrogen and oxygen atoms in total. The van der Waals surface area contributed by atoms with Crippen LogP contribution in [0.1, 0.15) is 34.7 Å². The molecular formula is C37H31F6N2PS. The molecule has 5 rings (SSSR count). The number of alkyl halides is 6. The van der Waals surface area contributed by atoms with Crippen LogP contribution in [-0.2, 0) is 18.8 Å². The minimum atomic E-state index is -4.94. The summed E-state index contributed by atoms with van der Waals surface area (Å²) < 4.78 is 86.4. The highest BCUT2D eigenvalue weighted by atomic mass is 32.1. The third kappa shape index (κ3) is 8.40. The standard InChI is InChI=1S/C37H31F6N2PS/c38-36(39,40)29-23-27(24-30(26-29)37(41,42)43)25-35(47)45-34(28-13-5-1-6-14-28)21-22-44-46(31-15-7-2-8-16-31,32-17-9-3-10-18-32)33-19-11-4-12-20-33/h1-20,23-24,26,34H,21-22,25H2,(H,45,47)/t34-/m1/s1. The maximum absolute atomic E-state index is 13.5. The van der Waals surface area contributed by atoms with Gasteiger partial charge in [0.2, 0.25) is 0 Å². The zero-order valence-corrected chi connectivity index (χ0v) is 26.8. The number of hydrogen-bond donors (Lipinski definition) is 1. The van der Waals surface area contributed by atoms with Crippen LogP contribution in [0.5, 0.6) is 0 Å². The summed E-state index contributed by atoms with van der Waals surface area (Å²) in [6.07, 6.45) is -9.71. The van der Waals surface area contributed by atoms with Gasteiger partial charge in [-0.25, -0.2) is 0 Å². The van der Waals surface area contributed by atoms with Crippen molar-refractivity contribution in [3.63, 3.8) is 0 Å². The molecule has 0 spiro atoms. The number of rotatable bonds is 10. The fourth-order valence-corrected chi connectivity index (χ4v) is 9.44. The lowest BCUT2D eigenvalue weighted by Crippen LogP contribution is -2.30. The van der Waals surface area contributed by atoms with Crippen LogP contribution >= 0.6 is 19.3 Å². The lowest BCUT2D eigenvalue weighted by atomic mass is 10.0. The molecule has 0 fully saturated rings. The van der Waals surface area contributed by atoms with Crippen molar-refractivity contribution in [1.29, 1.82) is 0 Å². The van der Waals surface area contributed by atoms with E-state index in [4.69, 9.17) is 17.0 Å². The van der Waals surface area contributed by atoms with Gasteiger partial charge in [-0.2, -0.15) is 26.3 Å². The van der Waals surface area contributed by atoms with Crippen LogP contribution in [0.15, 0.2) is 144 Å². The van der Waals surface area contributed by atoms with Crippen molar-refractivity contribution < 1.29 is 26.3 Å². The minimum absolute atomic E-state index is 0.121. The summed E-state index contributed by atoms with van der Waals surface area (Å²) in [5, 5.41) is 6.48. The Kier molecular flexibility index (Phi) is 10.7. The molecule has 0 saturated carbocycles. The molecular weight excluding hydrogens is 649 g/mol. The minimum Gasteiger partial charge on any atom is -0.373 e. The van der Waals surface area contributed by atoms with E-state index >= 15 is 0 Å². The van der Waals surface area contributed by atoms with Crippen LogP contribution in [0.2, 0.25) is 0 Å². The van der Waals surface area contributed by atoms with Crippen molar-refractivity contribution in [2.24, 2.45) is 4.74 Å². The molecule has 0 aromatic heterocycles. The molecule has 0 amide bonds. The first-order chi connectivity index (χ1) is 22.5. The van der Waals surface area contributed by atoms with E-state index in [1.165, 1.54) is 0 Å². The number of thiocarbonyl (C=S) groups is 1. The summed E-state index contributed by atoms with van der Waals surface area (Å²) in [7, 11) is -2.48. The summed E-state index contributed by atoms with van der Waals surface area (Å²) in [6, 6.07) is 40.9. The largest absolute Gasteiger partial charge is 0.416 e. The van der Waals surface area contributed by atoms with Crippen molar-refractivity contribution in [2.45, 2.75) is 31.2 Å². The van der Waals surface area contributed by atoms with Gasteiger partial charge in [-0.05, 0) is 35.7 Å². The third-order valence-electron chi connectivity index (χ3n) is 7.67. The van der Waals surface area contributed by atoms with Gasteiger partial charge >= 0.3 is 12.4 Å². The topological polar surface area (TPSA) is 24.4 Å². The van der Waals surface area contributed by atoms with Gasteiger partial charge in [-0.3, -0.25) is 4.74 Å². The molecule has 0 aliphatic heterocycles. The lowest BCUT2D eigenvalue weighted by molar-refractivity contribution is -0.143. The van der Waals surface area contributed by atoms with Crippen LogP contribution in [-0.4, -0.2) is 11.5 Å². The first-order valence-electron chi connectivity index (χ1n) is 14.8. The lowest BCUT2D eigenvalue weighted by Gasteiger charge is -2.28. The van der Waals surface area contributed by atoms with Crippen molar-refractivity contribution in [2.75, 3.05) is 6.54 Å².